The highest BCUT2D eigenvalue weighted by atomic mass is 16.5. The molecule has 4 atom stereocenters. The second kappa shape index (κ2) is 10.5. The summed E-state index contributed by atoms with van der Waals surface area (Å²) in [6.07, 6.45) is 0.140. The lowest BCUT2D eigenvalue weighted by atomic mass is 9.95. The first-order valence-corrected chi connectivity index (χ1v) is 12.4. The number of alkyl carbamates (subject to hydrolysis) is 1. The Bertz CT molecular complexity index is 1050. The Balaban J connectivity index is 1.42. The van der Waals surface area contributed by atoms with Crippen LogP contribution in [-0.4, -0.2) is 53.7 Å². The molecule has 1 fully saturated rings. The van der Waals surface area contributed by atoms with Gasteiger partial charge in [0.2, 0.25) is 5.91 Å². The number of amides is 2. The van der Waals surface area contributed by atoms with Crippen molar-refractivity contribution in [3.8, 4) is 11.1 Å². The van der Waals surface area contributed by atoms with Crippen molar-refractivity contribution in [2.75, 3.05) is 19.7 Å². The van der Waals surface area contributed by atoms with E-state index >= 15 is 0 Å². The molecule has 2 N–H and O–H groups in total. The Labute approximate surface area is 206 Å². The highest BCUT2D eigenvalue weighted by Crippen LogP contribution is 2.44. The third-order valence-electron chi connectivity index (χ3n) is 7.61. The van der Waals surface area contributed by atoms with Gasteiger partial charge < -0.3 is 20.1 Å². The number of carbonyl (C=O) groups excluding carboxylic acids is 2. The molecule has 1 aliphatic heterocycles. The Hall–Kier alpha value is -3.35. The van der Waals surface area contributed by atoms with E-state index in [4.69, 9.17) is 9.84 Å². The molecule has 0 bridgehead atoms. The minimum atomic E-state index is -0.855. The first-order valence-electron chi connectivity index (χ1n) is 12.4. The zero-order valence-electron chi connectivity index (χ0n) is 20.6. The number of hydrogen-bond acceptors (Lipinski definition) is 4. The van der Waals surface area contributed by atoms with Gasteiger partial charge in [-0.25, -0.2) is 4.79 Å². The highest BCUT2D eigenvalue weighted by Gasteiger charge is 2.38. The smallest absolute Gasteiger partial charge is 0.407 e. The summed E-state index contributed by atoms with van der Waals surface area (Å²) in [6, 6.07) is 15.6. The van der Waals surface area contributed by atoms with Crippen LogP contribution in [0.15, 0.2) is 48.5 Å². The second-order valence-corrected chi connectivity index (χ2v) is 9.91. The molecule has 1 unspecified atom stereocenters. The van der Waals surface area contributed by atoms with Gasteiger partial charge in [-0.3, -0.25) is 9.59 Å². The lowest BCUT2D eigenvalue weighted by Gasteiger charge is -2.28. The van der Waals surface area contributed by atoms with E-state index in [0.717, 1.165) is 22.3 Å². The van der Waals surface area contributed by atoms with E-state index in [1.807, 2.05) is 45.0 Å². The SMILES string of the molecule is CCC(C)[C@H](NC(=O)OCC1c2ccccc2-c2ccccc21)C(=O)N1C[C@@H](CC(=O)O)[C@H](C)C1. The fourth-order valence-corrected chi connectivity index (χ4v) is 5.35. The normalized spacial score (nSPS) is 20.6. The molecule has 0 saturated carbocycles. The number of nitrogens with one attached hydrogen (secondary N) is 1. The van der Waals surface area contributed by atoms with Crippen LogP contribution < -0.4 is 5.32 Å². The molecular weight excluding hydrogens is 444 g/mol. The standard InChI is InChI=1S/C28H34N2O5/c1-4-17(2)26(27(33)30-14-18(3)19(15-30)13-25(31)32)29-28(34)35-16-24-22-11-7-5-9-20(22)21-10-6-8-12-23(21)24/h5-12,17-19,24,26H,4,13-16H2,1-3H3,(H,29,34)(H,31,32)/t17?,18-,19-,26+/m1/s1. The number of benzene rings is 2. The predicted molar refractivity (Wildman–Crippen MR) is 133 cm³/mol. The van der Waals surface area contributed by atoms with Gasteiger partial charge in [-0.2, -0.15) is 0 Å². The molecule has 0 aromatic heterocycles. The molecule has 2 amide bonds. The van der Waals surface area contributed by atoms with E-state index in [1.54, 1.807) is 4.90 Å². The number of carboxylic acids is 1. The zero-order valence-corrected chi connectivity index (χ0v) is 20.6. The summed E-state index contributed by atoms with van der Waals surface area (Å²) in [4.78, 5) is 39.1. The number of hydrogen-bond donors (Lipinski definition) is 2. The van der Waals surface area contributed by atoms with E-state index in [-0.39, 0.29) is 42.6 Å². The summed E-state index contributed by atoms with van der Waals surface area (Å²) in [7, 11) is 0. The van der Waals surface area contributed by atoms with E-state index in [1.165, 1.54) is 0 Å². The van der Waals surface area contributed by atoms with Crippen molar-refractivity contribution in [3.05, 3.63) is 59.7 Å². The van der Waals surface area contributed by atoms with Gasteiger partial charge in [0, 0.05) is 19.0 Å². The van der Waals surface area contributed by atoms with E-state index < -0.39 is 18.1 Å². The number of rotatable bonds is 8. The summed E-state index contributed by atoms with van der Waals surface area (Å²) in [5.74, 6) is -1.15. The second-order valence-electron chi connectivity index (χ2n) is 9.91. The molecule has 35 heavy (non-hydrogen) atoms. The van der Waals surface area contributed by atoms with Crippen LogP contribution in [0.5, 0.6) is 0 Å². The molecule has 2 aromatic rings. The Morgan fingerprint density at radius 1 is 1.06 bits per heavy atom. The van der Waals surface area contributed by atoms with Gasteiger partial charge in [0.25, 0.3) is 0 Å². The summed E-state index contributed by atoms with van der Waals surface area (Å²) < 4.78 is 5.67. The first kappa shape index (κ1) is 24.8. The van der Waals surface area contributed by atoms with Gasteiger partial charge >= 0.3 is 12.1 Å². The number of carboxylic acid groups (broad SMARTS) is 1. The van der Waals surface area contributed by atoms with Crippen LogP contribution in [0.1, 0.15) is 50.7 Å². The van der Waals surface area contributed by atoms with Crippen LogP contribution in [0.25, 0.3) is 11.1 Å². The Morgan fingerprint density at radius 2 is 1.66 bits per heavy atom. The highest BCUT2D eigenvalue weighted by molar-refractivity contribution is 5.86. The molecular formula is C28H34N2O5. The molecule has 0 spiro atoms. The van der Waals surface area contributed by atoms with Crippen LogP contribution in [0.3, 0.4) is 0 Å². The van der Waals surface area contributed by atoms with Gasteiger partial charge in [0.15, 0.2) is 0 Å². The molecule has 186 valence electrons. The molecule has 0 radical (unpaired) electrons. The van der Waals surface area contributed by atoms with Gasteiger partial charge in [-0.05, 0) is 40.0 Å². The van der Waals surface area contributed by atoms with Crippen molar-refractivity contribution < 1.29 is 24.2 Å². The molecule has 7 nitrogen and oxygen atoms in total. The lowest BCUT2D eigenvalue weighted by molar-refractivity contribution is -0.139. The molecule has 1 saturated heterocycles. The maximum atomic E-state index is 13.4. The van der Waals surface area contributed by atoms with Crippen molar-refractivity contribution in [3.63, 3.8) is 0 Å². The Kier molecular flexibility index (Phi) is 7.43. The number of aliphatic carboxylic acids is 1. The van der Waals surface area contributed by atoms with Crippen LogP contribution >= 0.6 is 0 Å². The van der Waals surface area contributed by atoms with E-state index in [0.29, 0.717) is 19.5 Å². The predicted octanol–water partition coefficient (Wildman–Crippen LogP) is 4.51. The Morgan fingerprint density at radius 3 is 2.23 bits per heavy atom. The number of likely N-dealkylation sites (tertiary alicyclic amines) is 1. The van der Waals surface area contributed by atoms with Gasteiger partial charge in [-0.1, -0.05) is 75.7 Å². The van der Waals surface area contributed by atoms with Gasteiger partial charge in [0.1, 0.15) is 12.6 Å². The fraction of sp³-hybridized carbons (Fsp3) is 0.464. The summed E-state index contributed by atoms with van der Waals surface area (Å²) in [6.45, 7) is 6.95. The van der Waals surface area contributed by atoms with Gasteiger partial charge in [0.05, 0.1) is 6.42 Å². The minimum absolute atomic E-state index is 0.0404. The number of ether oxygens (including phenoxy) is 1. The van der Waals surface area contributed by atoms with Crippen molar-refractivity contribution in [1.82, 2.24) is 10.2 Å². The third-order valence-corrected chi connectivity index (χ3v) is 7.61. The first-order chi connectivity index (χ1) is 16.8. The average Bonchev–Trinajstić information content (AvgIpc) is 3.37. The summed E-state index contributed by atoms with van der Waals surface area (Å²) in [5.41, 5.74) is 4.57. The zero-order chi connectivity index (χ0) is 25.1. The summed E-state index contributed by atoms with van der Waals surface area (Å²) in [5, 5.41) is 12.0. The van der Waals surface area contributed by atoms with Gasteiger partial charge in [-0.15, -0.1) is 0 Å². The molecule has 2 aliphatic rings. The maximum absolute atomic E-state index is 13.4. The molecule has 1 heterocycles. The third kappa shape index (κ3) is 5.19. The fourth-order valence-electron chi connectivity index (χ4n) is 5.35. The van der Waals surface area contributed by atoms with Crippen LogP contribution in [-0.2, 0) is 14.3 Å². The molecule has 2 aromatic carbocycles. The lowest BCUT2D eigenvalue weighted by Crippen LogP contribution is -2.51. The van der Waals surface area contributed by atoms with E-state index in [2.05, 4.69) is 29.6 Å². The van der Waals surface area contributed by atoms with Crippen molar-refractivity contribution in [1.29, 1.82) is 0 Å². The molecule has 7 heteroatoms. The monoisotopic (exact) mass is 478 g/mol. The minimum Gasteiger partial charge on any atom is -0.481 e. The van der Waals surface area contributed by atoms with Crippen molar-refractivity contribution in [2.24, 2.45) is 17.8 Å². The van der Waals surface area contributed by atoms with Crippen LogP contribution in [0.2, 0.25) is 0 Å². The average molecular weight is 479 g/mol. The topological polar surface area (TPSA) is 95.9 Å². The summed E-state index contributed by atoms with van der Waals surface area (Å²) >= 11 is 0. The number of nitrogens with zero attached hydrogens (tertiary/aromatic N) is 1. The van der Waals surface area contributed by atoms with E-state index in [9.17, 15) is 14.4 Å². The van der Waals surface area contributed by atoms with Crippen LogP contribution in [0.4, 0.5) is 4.79 Å². The van der Waals surface area contributed by atoms with Crippen LogP contribution in [0, 0.1) is 17.8 Å². The van der Waals surface area contributed by atoms with Crippen molar-refractivity contribution in [2.45, 2.75) is 45.6 Å². The quantitative estimate of drug-likeness (QED) is 0.582. The largest absolute Gasteiger partial charge is 0.481 e. The molecule has 4 rings (SSSR count). The van der Waals surface area contributed by atoms with Crippen molar-refractivity contribution >= 4 is 18.0 Å². The maximum Gasteiger partial charge on any atom is 0.407 e. The number of carbonyl (C=O) groups is 3. The number of fused-ring (bicyclic) bond motifs is 3. The molecule has 1 aliphatic carbocycles.